The molecule has 1 amide bonds. The first-order valence-corrected chi connectivity index (χ1v) is 10.7. The van der Waals surface area contributed by atoms with Crippen LogP contribution in [0.3, 0.4) is 0 Å². The number of nitrogens with one attached hydrogen (secondary N) is 1. The van der Waals surface area contributed by atoms with Crippen LogP contribution < -0.4 is 10.0 Å². The van der Waals surface area contributed by atoms with Crippen LogP contribution in [0, 0.1) is 0 Å². The van der Waals surface area contributed by atoms with Crippen LogP contribution in [0.25, 0.3) is 5.76 Å². The minimum atomic E-state index is -0.746. The van der Waals surface area contributed by atoms with Gasteiger partial charge in [-0.25, -0.2) is 0 Å². The van der Waals surface area contributed by atoms with Gasteiger partial charge in [-0.2, -0.15) is 0 Å². The van der Waals surface area contributed by atoms with Gasteiger partial charge in [-0.3, -0.25) is 9.59 Å². The Kier molecular flexibility index (Phi) is 7.19. The van der Waals surface area contributed by atoms with Crippen molar-refractivity contribution in [2.24, 2.45) is 0 Å². The molecule has 1 N–H and O–H groups in total. The topological polar surface area (TPSA) is 64.9 Å². The molecule has 3 rings (SSSR count). The van der Waals surface area contributed by atoms with Gasteiger partial charge < -0.3 is 14.9 Å². The fraction of sp³-hybridized carbons (Fsp3) is 0.304. The average Bonchev–Trinajstić information content (AvgIpc) is 3.00. The summed E-state index contributed by atoms with van der Waals surface area (Å²) in [4.78, 5) is 28.6. The number of amides is 1. The quantitative estimate of drug-likeness (QED) is 0.402. The van der Waals surface area contributed by atoms with Gasteiger partial charge in [0.05, 0.1) is 32.2 Å². The van der Waals surface area contributed by atoms with Crippen molar-refractivity contribution in [3.05, 3.63) is 75.3 Å². The Balaban J connectivity index is 2.08. The van der Waals surface area contributed by atoms with Crippen LogP contribution in [0.5, 0.6) is 0 Å². The van der Waals surface area contributed by atoms with Gasteiger partial charge in [0.25, 0.3) is 5.91 Å². The Hall–Kier alpha value is -2.34. The van der Waals surface area contributed by atoms with E-state index in [4.69, 9.17) is 23.2 Å². The van der Waals surface area contributed by atoms with E-state index in [0.29, 0.717) is 34.3 Å². The summed E-state index contributed by atoms with van der Waals surface area (Å²) in [6, 6.07) is 12.5. The predicted molar refractivity (Wildman–Crippen MR) is 116 cm³/mol. The number of carbonyl (C=O) groups is 2. The second-order valence-electron chi connectivity index (χ2n) is 7.24. The number of nitrogens with zero attached hydrogens (tertiary/aromatic N) is 1. The average molecular weight is 447 g/mol. The largest absolute Gasteiger partial charge is 0.872 e. The van der Waals surface area contributed by atoms with E-state index in [2.05, 4.69) is 13.8 Å². The van der Waals surface area contributed by atoms with Crippen LogP contribution >= 0.6 is 23.2 Å². The lowest BCUT2D eigenvalue weighted by molar-refractivity contribution is -0.895. The summed E-state index contributed by atoms with van der Waals surface area (Å²) in [5.74, 6) is -1.84. The molecule has 0 aromatic heterocycles. The van der Waals surface area contributed by atoms with Crippen molar-refractivity contribution in [1.29, 1.82) is 0 Å². The third-order valence-corrected chi connectivity index (χ3v) is 6.03. The maximum absolute atomic E-state index is 13.2. The lowest BCUT2D eigenvalue weighted by Gasteiger charge is -2.28. The maximum Gasteiger partial charge on any atom is 0.295 e. The SMILES string of the molecule is CC[NH+](CC)CCN1C(=O)C(=O)/C(=C(/[O-])c2ccc(Cl)cc2)C1c1ccc(Cl)cc1. The second-order valence-corrected chi connectivity index (χ2v) is 8.11. The van der Waals surface area contributed by atoms with Gasteiger partial charge in [0.2, 0.25) is 5.78 Å². The molecule has 1 atom stereocenters. The van der Waals surface area contributed by atoms with Crippen LogP contribution in [0.15, 0.2) is 54.1 Å². The number of halogens is 2. The molecule has 5 nitrogen and oxygen atoms in total. The van der Waals surface area contributed by atoms with Gasteiger partial charge in [-0.1, -0.05) is 53.2 Å². The minimum absolute atomic E-state index is 0.0285. The van der Waals surface area contributed by atoms with Crippen LogP contribution in [0.2, 0.25) is 10.0 Å². The summed E-state index contributed by atoms with van der Waals surface area (Å²) in [7, 11) is 0. The van der Waals surface area contributed by atoms with E-state index in [1.807, 2.05) is 0 Å². The predicted octanol–water partition coefficient (Wildman–Crippen LogP) is 2.14. The first-order valence-electron chi connectivity index (χ1n) is 9.98. The molecule has 2 aromatic rings. The van der Waals surface area contributed by atoms with E-state index < -0.39 is 23.5 Å². The molecule has 1 saturated heterocycles. The number of hydrogen-bond acceptors (Lipinski definition) is 3. The van der Waals surface area contributed by atoms with Gasteiger partial charge in [0.1, 0.15) is 0 Å². The molecule has 2 aromatic carbocycles. The zero-order valence-corrected chi connectivity index (χ0v) is 18.5. The summed E-state index contributed by atoms with van der Waals surface area (Å²) < 4.78 is 0. The number of Topliss-reactive ketones (excluding diaryl/α,β-unsaturated/α-hetero) is 1. The Morgan fingerprint density at radius 2 is 1.50 bits per heavy atom. The lowest BCUT2D eigenvalue weighted by Crippen LogP contribution is -3.12. The van der Waals surface area contributed by atoms with Crippen LogP contribution in [0.4, 0.5) is 0 Å². The Labute approximate surface area is 186 Å². The maximum atomic E-state index is 13.2. The normalized spacial score (nSPS) is 18.4. The van der Waals surface area contributed by atoms with Crippen molar-refractivity contribution in [1.82, 2.24) is 4.90 Å². The number of quaternary nitrogens is 1. The molecule has 0 aliphatic carbocycles. The third-order valence-electron chi connectivity index (χ3n) is 5.53. The molecular weight excluding hydrogens is 423 g/mol. The van der Waals surface area contributed by atoms with E-state index in [9.17, 15) is 14.7 Å². The van der Waals surface area contributed by atoms with Gasteiger partial charge in [-0.05, 0) is 49.2 Å². The number of hydrogen-bond donors (Lipinski definition) is 1. The first kappa shape index (κ1) is 22.3. The van der Waals surface area contributed by atoms with Crippen LogP contribution in [0.1, 0.15) is 31.0 Å². The summed E-state index contributed by atoms with van der Waals surface area (Å²) in [6.07, 6.45) is 0. The molecule has 1 fully saturated rings. The number of ketones is 1. The standard InChI is InChI=1S/C23H24Cl2N2O3/c1-3-26(4-2)13-14-27-20(15-5-9-17(24)10-6-15)19(22(29)23(27)30)21(28)16-7-11-18(25)12-8-16/h5-12,20,28H,3-4,13-14H2,1-2H3/b21-19+. The van der Waals surface area contributed by atoms with E-state index >= 15 is 0 Å². The minimum Gasteiger partial charge on any atom is -0.872 e. The zero-order valence-electron chi connectivity index (χ0n) is 17.0. The molecule has 0 bridgehead atoms. The number of benzene rings is 2. The number of rotatable bonds is 7. The Bertz CT molecular complexity index is 951. The van der Waals surface area contributed by atoms with Gasteiger partial charge in [0, 0.05) is 15.6 Å². The van der Waals surface area contributed by atoms with Crippen LogP contribution in [-0.4, -0.2) is 42.8 Å². The fourth-order valence-corrected chi connectivity index (χ4v) is 3.98. The summed E-state index contributed by atoms with van der Waals surface area (Å²) in [6.45, 7) is 7.06. The van der Waals surface area contributed by atoms with E-state index in [0.717, 1.165) is 13.1 Å². The lowest BCUT2D eigenvalue weighted by atomic mass is 9.95. The first-order chi connectivity index (χ1) is 14.4. The molecule has 1 aliphatic heterocycles. The van der Waals surface area contributed by atoms with Gasteiger partial charge in [0.15, 0.2) is 0 Å². The van der Waals surface area contributed by atoms with Gasteiger partial charge in [-0.15, -0.1) is 0 Å². The number of likely N-dealkylation sites (tertiary alicyclic amines) is 1. The van der Waals surface area contributed by atoms with Gasteiger partial charge >= 0.3 is 0 Å². The summed E-state index contributed by atoms with van der Waals surface area (Å²) >= 11 is 12.0. The van der Waals surface area contributed by atoms with Crippen molar-refractivity contribution < 1.29 is 19.6 Å². The van der Waals surface area contributed by atoms with Crippen molar-refractivity contribution in [3.8, 4) is 0 Å². The summed E-state index contributed by atoms with van der Waals surface area (Å²) in [5, 5.41) is 14.3. The molecule has 1 aliphatic rings. The third kappa shape index (κ3) is 4.53. The number of carbonyl (C=O) groups excluding carboxylic acids is 2. The molecule has 0 radical (unpaired) electrons. The Morgan fingerprint density at radius 1 is 0.967 bits per heavy atom. The van der Waals surface area contributed by atoms with Crippen molar-refractivity contribution in [3.63, 3.8) is 0 Å². The molecular formula is C23H24Cl2N2O3. The van der Waals surface area contributed by atoms with Crippen molar-refractivity contribution in [2.75, 3.05) is 26.2 Å². The second kappa shape index (κ2) is 9.65. The summed E-state index contributed by atoms with van der Waals surface area (Å²) in [5.41, 5.74) is 0.982. The Morgan fingerprint density at radius 3 is 2.03 bits per heavy atom. The molecule has 1 unspecified atom stereocenters. The molecule has 7 heteroatoms. The highest BCUT2D eigenvalue weighted by atomic mass is 35.5. The molecule has 30 heavy (non-hydrogen) atoms. The zero-order chi connectivity index (χ0) is 21.8. The number of likely N-dealkylation sites (N-methyl/N-ethyl adjacent to an activating group) is 1. The fourth-order valence-electron chi connectivity index (χ4n) is 3.73. The van der Waals surface area contributed by atoms with E-state index in [-0.39, 0.29) is 5.57 Å². The van der Waals surface area contributed by atoms with Crippen LogP contribution in [-0.2, 0) is 9.59 Å². The monoisotopic (exact) mass is 446 g/mol. The molecule has 1 heterocycles. The van der Waals surface area contributed by atoms with E-state index in [1.54, 1.807) is 48.5 Å². The van der Waals surface area contributed by atoms with Crippen molar-refractivity contribution >= 4 is 40.7 Å². The van der Waals surface area contributed by atoms with Crippen molar-refractivity contribution in [2.45, 2.75) is 19.9 Å². The molecule has 0 spiro atoms. The molecule has 158 valence electrons. The highest BCUT2D eigenvalue weighted by Gasteiger charge is 2.44. The molecule has 0 saturated carbocycles. The van der Waals surface area contributed by atoms with E-state index in [1.165, 1.54) is 9.80 Å². The highest BCUT2D eigenvalue weighted by molar-refractivity contribution is 6.46. The smallest absolute Gasteiger partial charge is 0.295 e. The highest BCUT2D eigenvalue weighted by Crippen LogP contribution is 2.38.